The minimum absolute atomic E-state index is 0.0566. The molecule has 0 saturated heterocycles. The van der Waals surface area contributed by atoms with Crippen LogP contribution in [0.4, 0.5) is 0 Å². The molecule has 122 valence electrons. The highest BCUT2D eigenvalue weighted by Crippen LogP contribution is 2.24. The molecule has 0 aromatic heterocycles. The Morgan fingerprint density at radius 3 is 2.65 bits per heavy atom. The molecule has 1 unspecified atom stereocenters. The van der Waals surface area contributed by atoms with Crippen molar-refractivity contribution < 1.29 is 19.1 Å². The molecule has 1 aromatic carbocycles. The molecule has 0 saturated carbocycles. The summed E-state index contributed by atoms with van der Waals surface area (Å²) in [6, 6.07) is 9.75. The zero-order chi connectivity index (χ0) is 16.8. The standard InChI is InChI=1S/C17H20N2O4/c1-11-15(17(22)23-2)13(10-14(20)19-11)16(21)18-9-8-12-6-4-3-5-7-12/h3-7,13H,8-10H2,1-2H3,(H,18,21)(H,19,20). The van der Waals surface area contributed by atoms with Crippen LogP contribution in [-0.2, 0) is 25.5 Å². The number of hydrogen-bond donors (Lipinski definition) is 2. The van der Waals surface area contributed by atoms with E-state index in [-0.39, 0.29) is 23.8 Å². The lowest BCUT2D eigenvalue weighted by Gasteiger charge is -2.25. The van der Waals surface area contributed by atoms with E-state index in [1.807, 2.05) is 30.3 Å². The van der Waals surface area contributed by atoms with E-state index in [0.29, 0.717) is 18.7 Å². The molecule has 1 aliphatic heterocycles. The molecule has 2 rings (SSSR count). The van der Waals surface area contributed by atoms with Gasteiger partial charge >= 0.3 is 5.97 Å². The predicted molar refractivity (Wildman–Crippen MR) is 84.1 cm³/mol. The second-order valence-corrected chi connectivity index (χ2v) is 5.36. The van der Waals surface area contributed by atoms with Crippen molar-refractivity contribution in [3.63, 3.8) is 0 Å². The molecule has 0 bridgehead atoms. The number of ether oxygens (including phenoxy) is 1. The quantitative estimate of drug-likeness (QED) is 0.792. The average Bonchev–Trinajstić information content (AvgIpc) is 2.54. The first-order valence-corrected chi connectivity index (χ1v) is 7.43. The van der Waals surface area contributed by atoms with E-state index in [0.717, 1.165) is 5.56 Å². The molecular formula is C17H20N2O4. The molecule has 0 radical (unpaired) electrons. The van der Waals surface area contributed by atoms with Gasteiger partial charge in [0.2, 0.25) is 11.8 Å². The minimum Gasteiger partial charge on any atom is -0.466 e. The Kier molecular flexibility index (Phi) is 5.51. The number of carbonyl (C=O) groups is 3. The molecule has 0 spiro atoms. The lowest BCUT2D eigenvalue weighted by molar-refractivity contribution is -0.139. The first kappa shape index (κ1) is 16.7. The van der Waals surface area contributed by atoms with Gasteiger partial charge in [-0.05, 0) is 18.9 Å². The number of benzene rings is 1. The van der Waals surface area contributed by atoms with Crippen LogP contribution in [0.1, 0.15) is 18.9 Å². The fourth-order valence-corrected chi connectivity index (χ4v) is 2.60. The number of allylic oxidation sites excluding steroid dienone is 1. The van der Waals surface area contributed by atoms with Gasteiger partial charge in [-0.1, -0.05) is 30.3 Å². The maximum absolute atomic E-state index is 12.4. The zero-order valence-corrected chi connectivity index (χ0v) is 13.2. The predicted octanol–water partition coefficient (Wildman–Crippen LogP) is 0.928. The second kappa shape index (κ2) is 7.58. The van der Waals surface area contributed by atoms with Crippen LogP contribution < -0.4 is 10.6 Å². The van der Waals surface area contributed by atoms with Crippen LogP contribution in [0.2, 0.25) is 0 Å². The molecule has 6 nitrogen and oxygen atoms in total. The van der Waals surface area contributed by atoms with Crippen LogP contribution >= 0.6 is 0 Å². The fourth-order valence-electron chi connectivity index (χ4n) is 2.60. The molecule has 2 N–H and O–H groups in total. The third-order valence-corrected chi connectivity index (χ3v) is 3.75. The van der Waals surface area contributed by atoms with E-state index >= 15 is 0 Å². The van der Waals surface area contributed by atoms with Gasteiger partial charge in [0, 0.05) is 18.7 Å². The molecule has 2 amide bonds. The van der Waals surface area contributed by atoms with Gasteiger partial charge in [-0.25, -0.2) is 4.79 Å². The Morgan fingerprint density at radius 1 is 1.30 bits per heavy atom. The Balaban J connectivity index is 2.02. The van der Waals surface area contributed by atoms with E-state index in [4.69, 9.17) is 4.74 Å². The van der Waals surface area contributed by atoms with Gasteiger partial charge in [0.25, 0.3) is 0 Å². The summed E-state index contributed by atoms with van der Waals surface area (Å²) < 4.78 is 4.72. The molecule has 1 aliphatic rings. The first-order chi connectivity index (χ1) is 11.0. The van der Waals surface area contributed by atoms with Crippen LogP contribution in [0.3, 0.4) is 0 Å². The zero-order valence-electron chi connectivity index (χ0n) is 13.2. The highest BCUT2D eigenvalue weighted by molar-refractivity contribution is 6.02. The topological polar surface area (TPSA) is 84.5 Å². The largest absolute Gasteiger partial charge is 0.466 e. The normalized spacial score (nSPS) is 17.5. The van der Waals surface area contributed by atoms with Crippen LogP contribution in [-0.4, -0.2) is 31.4 Å². The van der Waals surface area contributed by atoms with E-state index in [1.54, 1.807) is 6.92 Å². The van der Waals surface area contributed by atoms with Gasteiger partial charge in [-0.15, -0.1) is 0 Å². The van der Waals surface area contributed by atoms with E-state index in [1.165, 1.54) is 7.11 Å². The van der Waals surface area contributed by atoms with Gasteiger partial charge in [0.15, 0.2) is 0 Å². The number of rotatable bonds is 5. The summed E-state index contributed by atoms with van der Waals surface area (Å²) in [7, 11) is 1.25. The average molecular weight is 316 g/mol. The monoisotopic (exact) mass is 316 g/mol. The third-order valence-electron chi connectivity index (χ3n) is 3.75. The van der Waals surface area contributed by atoms with Gasteiger partial charge in [-0.2, -0.15) is 0 Å². The van der Waals surface area contributed by atoms with Crippen LogP contribution in [0, 0.1) is 5.92 Å². The molecule has 0 aliphatic carbocycles. The Morgan fingerprint density at radius 2 is 2.00 bits per heavy atom. The summed E-state index contributed by atoms with van der Waals surface area (Å²) in [6.45, 7) is 2.03. The van der Waals surface area contributed by atoms with Crippen molar-refractivity contribution in [1.29, 1.82) is 0 Å². The maximum Gasteiger partial charge on any atom is 0.336 e. The van der Waals surface area contributed by atoms with Crippen molar-refractivity contribution >= 4 is 17.8 Å². The molecule has 1 heterocycles. The number of esters is 1. The highest BCUT2D eigenvalue weighted by Gasteiger charge is 2.35. The first-order valence-electron chi connectivity index (χ1n) is 7.43. The molecular weight excluding hydrogens is 296 g/mol. The minimum atomic E-state index is -0.813. The summed E-state index contributed by atoms with van der Waals surface area (Å²) in [5.74, 6) is -2.02. The second-order valence-electron chi connectivity index (χ2n) is 5.36. The van der Waals surface area contributed by atoms with Crippen molar-refractivity contribution in [2.75, 3.05) is 13.7 Å². The van der Waals surface area contributed by atoms with E-state index in [2.05, 4.69) is 10.6 Å². The summed E-state index contributed by atoms with van der Waals surface area (Å²) in [6.07, 6.45) is 0.626. The van der Waals surface area contributed by atoms with Gasteiger partial charge in [0.1, 0.15) is 0 Å². The summed E-state index contributed by atoms with van der Waals surface area (Å²) in [5.41, 5.74) is 1.69. The van der Waals surface area contributed by atoms with Crippen molar-refractivity contribution in [3.8, 4) is 0 Å². The number of hydrogen-bond acceptors (Lipinski definition) is 4. The highest BCUT2D eigenvalue weighted by atomic mass is 16.5. The van der Waals surface area contributed by atoms with Gasteiger partial charge < -0.3 is 15.4 Å². The Labute approximate surface area is 134 Å². The molecule has 6 heteroatoms. The Bertz CT molecular complexity index is 637. The smallest absolute Gasteiger partial charge is 0.336 e. The molecule has 23 heavy (non-hydrogen) atoms. The molecule has 1 atom stereocenters. The number of methoxy groups -OCH3 is 1. The maximum atomic E-state index is 12.4. The lowest BCUT2D eigenvalue weighted by Crippen LogP contribution is -2.43. The van der Waals surface area contributed by atoms with E-state index in [9.17, 15) is 14.4 Å². The number of nitrogens with one attached hydrogen (secondary N) is 2. The van der Waals surface area contributed by atoms with E-state index < -0.39 is 11.9 Å². The van der Waals surface area contributed by atoms with Crippen molar-refractivity contribution in [2.45, 2.75) is 19.8 Å². The molecule has 1 aromatic rings. The Hall–Kier alpha value is -2.63. The summed E-state index contributed by atoms with van der Waals surface area (Å²) in [5, 5.41) is 5.36. The molecule has 0 fully saturated rings. The van der Waals surface area contributed by atoms with Crippen molar-refractivity contribution in [2.24, 2.45) is 5.92 Å². The number of carbonyl (C=O) groups excluding carboxylic acids is 3. The lowest BCUT2D eigenvalue weighted by atomic mass is 9.89. The van der Waals surface area contributed by atoms with Crippen molar-refractivity contribution in [1.82, 2.24) is 10.6 Å². The van der Waals surface area contributed by atoms with Crippen molar-refractivity contribution in [3.05, 3.63) is 47.2 Å². The van der Waals surface area contributed by atoms with Gasteiger partial charge in [-0.3, -0.25) is 9.59 Å². The number of amides is 2. The SMILES string of the molecule is COC(=O)C1=C(C)NC(=O)CC1C(=O)NCCc1ccccc1. The summed E-state index contributed by atoms with van der Waals surface area (Å²) in [4.78, 5) is 35.9. The van der Waals surface area contributed by atoms with Gasteiger partial charge in [0.05, 0.1) is 18.6 Å². The van der Waals surface area contributed by atoms with Crippen LogP contribution in [0.5, 0.6) is 0 Å². The summed E-state index contributed by atoms with van der Waals surface area (Å²) >= 11 is 0. The fraction of sp³-hybridized carbons (Fsp3) is 0.353. The van der Waals surface area contributed by atoms with Crippen LogP contribution in [0.15, 0.2) is 41.6 Å². The third kappa shape index (κ3) is 4.18. The van der Waals surface area contributed by atoms with Crippen LogP contribution in [0.25, 0.3) is 0 Å².